The minimum atomic E-state index is -0.530. The second-order valence-corrected chi connectivity index (χ2v) is 9.16. The van der Waals surface area contributed by atoms with Crippen molar-refractivity contribution >= 4 is 35.2 Å². The van der Waals surface area contributed by atoms with Gasteiger partial charge in [-0.25, -0.2) is 9.37 Å². The van der Waals surface area contributed by atoms with Gasteiger partial charge >= 0.3 is 0 Å². The molecule has 0 spiro atoms. The Kier molecular flexibility index (Phi) is 5.29. The van der Waals surface area contributed by atoms with Crippen LogP contribution in [0.3, 0.4) is 0 Å². The van der Waals surface area contributed by atoms with Crippen LogP contribution in [0.1, 0.15) is 42.7 Å². The maximum Gasteiger partial charge on any atom is 0.240 e. The fourth-order valence-corrected chi connectivity index (χ4v) is 6.01. The molecule has 4 nitrogen and oxygen atoms in total. The van der Waals surface area contributed by atoms with Crippen molar-refractivity contribution in [2.45, 2.75) is 37.1 Å². The van der Waals surface area contributed by atoms with Crippen LogP contribution in [0.15, 0.2) is 54.7 Å². The van der Waals surface area contributed by atoms with E-state index in [0.717, 1.165) is 36.9 Å². The Balaban J connectivity index is 1.65. The number of carbonyl (C=O) groups excluding carboxylic acids is 1. The number of hydrogen-bond acceptors (Lipinski definition) is 3. The topological polar surface area (TPSA) is 38.1 Å². The van der Waals surface area contributed by atoms with Crippen LogP contribution >= 0.6 is 23.4 Å². The molecule has 2 heterocycles. The molecule has 7 heteroatoms. The summed E-state index contributed by atoms with van der Waals surface area (Å²) in [6.45, 7) is 0. The molecular formula is C23H21ClFN3OS. The number of carbonyl (C=O) groups is 1. The summed E-state index contributed by atoms with van der Waals surface area (Å²) in [5, 5.41) is -0.202. The van der Waals surface area contributed by atoms with Crippen molar-refractivity contribution < 1.29 is 9.18 Å². The molecule has 1 saturated heterocycles. The quantitative estimate of drug-likeness (QED) is 0.481. The predicted molar refractivity (Wildman–Crippen MR) is 119 cm³/mol. The van der Waals surface area contributed by atoms with Gasteiger partial charge in [0.2, 0.25) is 11.9 Å². The Morgan fingerprint density at radius 3 is 2.57 bits per heavy atom. The summed E-state index contributed by atoms with van der Waals surface area (Å²) in [5.74, 6) is 0.379. The Hall–Kier alpha value is -2.31. The number of benzene rings is 2. The normalized spacial score (nSPS) is 19.7. The van der Waals surface area contributed by atoms with Crippen LogP contribution in [0.2, 0.25) is 5.02 Å². The molecule has 0 radical (unpaired) electrons. The van der Waals surface area contributed by atoms with Crippen molar-refractivity contribution in [3.63, 3.8) is 0 Å². The van der Waals surface area contributed by atoms with Crippen molar-refractivity contribution in [3.05, 3.63) is 71.1 Å². The Labute approximate surface area is 184 Å². The van der Waals surface area contributed by atoms with E-state index >= 15 is 0 Å². The Bertz CT molecular complexity index is 1060. The highest BCUT2D eigenvalue weighted by atomic mass is 35.5. The highest BCUT2D eigenvalue weighted by molar-refractivity contribution is 8.00. The van der Waals surface area contributed by atoms with Crippen LogP contribution in [-0.2, 0) is 4.79 Å². The zero-order valence-electron chi connectivity index (χ0n) is 16.3. The molecule has 1 amide bonds. The maximum absolute atomic E-state index is 14.7. The van der Waals surface area contributed by atoms with E-state index in [1.807, 2.05) is 24.4 Å². The van der Waals surface area contributed by atoms with Gasteiger partial charge in [-0.1, -0.05) is 60.8 Å². The molecule has 3 aromatic rings. The van der Waals surface area contributed by atoms with Crippen LogP contribution in [0.25, 0.3) is 11.3 Å². The lowest BCUT2D eigenvalue weighted by molar-refractivity contribution is -0.116. The molecule has 0 N–H and O–H groups in total. The molecule has 5 rings (SSSR count). The number of imidazole rings is 1. The zero-order chi connectivity index (χ0) is 20.7. The van der Waals surface area contributed by atoms with Gasteiger partial charge in [-0.15, -0.1) is 11.8 Å². The first kappa shape index (κ1) is 19.6. The summed E-state index contributed by atoms with van der Waals surface area (Å²) in [5.41, 5.74) is 2.39. The van der Waals surface area contributed by atoms with E-state index in [-0.39, 0.29) is 17.7 Å². The summed E-state index contributed by atoms with van der Waals surface area (Å²) in [7, 11) is 0. The van der Waals surface area contributed by atoms with E-state index in [1.165, 1.54) is 17.8 Å². The Morgan fingerprint density at radius 1 is 1.07 bits per heavy atom. The van der Waals surface area contributed by atoms with E-state index in [0.29, 0.717) is 16.5 Å². The molecule has 2 aromatic carbocycles. The molecular weight excluding hydrogens is 421 g/mol. The van der Waals surface area contributed by atoms with E-state index in [4.69, 9.17) is 16.6 Å². The molecule has 0 bridgehead atoms. The molecule has 154 valence electrons. The lowest BCUT2D eigenvalue weighted by Gasteiger charge is -2.28. The highest BCUT2D eigenvalue weighted by Crippen LogP contribution is 2.47. The van der Waals surface area contributed by atoms with E-state index in [1.54, 1.807) is 17.0 Å². The van der Waals surface area contributed by atoms with Crippen molar-refractivity contribution in [1.82, 2.24) is 9.55 Å². The van der Waals surface area contributed by atoms with Gasteiger partial charge in [0.15, 0.2) is 0 Å². The van der Waals surface area contributed by atoms with Crippen LogP contribution in [-0.4, -0.2) is 21.2 Å². The average molecular weight is 442 g/mol. The van der Waals surface area contributed by atoms with Crippen molar-refractivity contribution in [1.29, 1.82) is 0 Å². The molecule has 1 atom stereocenters. The molecule has 1 aliphatic heterocycles. The summed E-state index contributed by atoms with van der Waals surface area (Å²) in [6.07, 6.45) is 6.23. The minimum absolute atomic E-state index is 0.0752. The van der Waals surface area contributed by atoms with Gasteiger partial charge in [-0.2, -0.15) is 0 Å². The summed E-state index contributed by atoms with van der Waals surface area (Å²) in [4.78, 5) is 19.3. The zero-order valence-corrected chi connectivity index (χ0v) is 17.9. The van der Waals surface area contributed by atoms with Gasteiger partial charge in [0.1, 0.15) is 11.2 Å². The van der Waals surface area contributed by atoms with Gasteiger partial charge in [0, 0.05) is 16.6 Å². The third-order valence-electron chi connectivity index (χ3n) is 5.87. The standard InChI is InChI=1S/C23H21ClFN3OS/c24-17-11-6-12-18(25)21(17)22-28(20(29)14-30-22)23-26-13-19(15-7-2-1-3-8-15)27(23)16-9-4-5-10-16/h1-3,6-8,11-13,16,22H,4-5,9-10,14H2. The number of thioether (sulfide) groups is 1. The van der Waals surface area contributed by atoms with Crippen LogP contribution in [0.4, 0.5) is 10.3 Å². The van der Waals surface area contributed by atoms with Crippen molar-refractivity contribution in [3.8, 4) is 11.3 Å². The van der Waals surface area contributed by atoms with Gasteiger partial charge in [0.25, 0.3) is 0 Å². The highest BCUT2D eigenvalue weighted by Gasteiger charge is 2.40. The van der Waals surface area contributed by atoms with Crippen LogP contribution in [0.5, 0.6) is 0 Å². The number of amides is 1. The molecule has 1 aromatic heterocycles. The first-order chi connectivity index (χ1) is 14.6. The summed E-state index contributed by atoms with van der Waals surface area (Å²) in [6, 6.07) is 15.0. The van der Waals surface area contributed by atoms with E-state index < -0.39 is 11.2 Å². The largest absolute Gasteiger partial charge is 0.307 e. The monoisotopic (exact) mass is 441 g/mol. The predicted octanol–water partition coefficient (Wildman–Crippen LogP) is 6.24. The number of hydrogen-bond donors (Lipinski definition) is 0. The Morgan fingerprint density at radius 2 is 1.83 bits per heavy atom. The number of anilines is 1. The maximum atomic E-state index is 14.7. The molecule has 1 aliphatic carbocycles. The minimum Gasteiger partial charge on any atom is -0.307 e. The average Bonchev–Trinajstić information content (AvgIpc) is 3.48. The van der Waals surface area contributed by atoms with Gasteiger partial charge in [-0.3, -0.25) is 9.69 Å². The van der Waals surface area contributed by atoms with Gasteiger partial charge < -0.3 is 4.57 Å². The van der Waals surface area contributed by atoms with E-state index in [9.17, 15) is 9.18 Å². The van der Waals surface area contributed by atoms with Gasteiger partial charge in [-0.05, 0) is 30.5 Å². The van der Waals surface area contributed by atoms with E-state index in [2.05, 4.69) is 16.7 Å². The molecule has 1 unspecified atom stereocenters. The smallest absolute Gasteiger partial charge is 0.240 e. The van der Waals surface area contributed by atoms with Crippen LogP contribution in [0, 0.1) is 5.82 Å². The lowest BCUT2D eigenvalue weighted by atomic mass is 10.1. The lowest BCUT2D eigenvalue weighted by Crippen LogP contribution is -2.32. The number of nitrogens with zero attached hydrogens (tertiary/aromatic N) is 3. The second kappa shape index (κ2) is 8.08. The van der Waals surface area contributed by atoms with Crippen molar-refractivity contribution in [2.24, 2.45) is 0 Å². The number of aromatic nitrogens is 2. The number of halogens is 2. The van der Waals surface area contributed by atoms with Crippen LogP contribution < -0.4 is 4.90 Å². The SMILES string of the molecule is O=C1CSC(c2c(F)cccc2Cl)N1c1ncc(-c2ccccc2)n1C1CCCC1. The summed E-state index contributed by atoms with van der Waals surface area (Å²) < 4.78 is 16.9. The third kappa shape index (κ3) is 3.32. The third-order valence-corrected chi connectivity index (χ3v) is 7.37. The molecule has 2 aliphatic rings. The fourth-order valence-electron chi connectivity index (χ4n) is 4.47. The molecule has 2 fully saturated rings. The first-order valence-corrected chi connectivity index (χ1v) is 11.6. The molecule has 1 saturated carbocycles. The first-order valence-electron chi connectivity index (χ1n) is 10.2. The van der Waals surface area contributed by atoms with Crippen molar-refractivity contribution in [2.75, 3.05) is 10.7 Å². The number of rotatable bonds is 4. The van der Waals surface area contributed by atoms with Gasteiger partial charge in [0.05, 0.1) is 17.6 Å². The fraction of sp³-hybridized carbons (Fsp3) is 0.304. The molecule has 30 heavy (non-hydrogen) atoms. The summed E-state index contributed by atoms with van der Waals surface area (Å²) >= 11 is 7.75. The second-order valence-electron chi connectivity index (χ2n) is 7.68.